The molecule has 2 N–H and O–H groups in total. The van der Waals surface area contributed by atoms with Gasteiger partial charge < -0.3 is 5.32 Å². The number of nitrogens with one attached hydrogen (secondary N) is 2. The predicted molar refractivity (Wildman–Crippen MR) is 77.7 cm³/mol. The number of hydrogen-bond acceptors (Lipinski definition) is 4. The zero-order chi connectivity index (χ0) is 13.7. The van der Waals surface area contributed by atoms with E-state index < -0.39 is 10.0 Å². The molecule has 0 radical (unpaired) electrons. The Morgan fingerprint density at radius 1 is 1.26 bits per heavy atom. The SMILES string of the molecule is CCN1CCCC1CNS(=O)(=O)CC1CCNCC1. The number of likely N-dealkylation sites (tertiary alicyclic amines) is 1. The van der Waals surface area contributed by atoms with Crippen molar-refractivity contribution in [3.05, 3.63) is 0 Å². The molecule has 5 nitrogen and oxygen atoms in total. The number of hydrogen-bond donors (Lipinski definition) is 2. The summed E-state index contributed by atoms with van der Waals surface area (Å²) < 4.78 is 27.0. The second-order valence-electron chi connectivity index (χ2n) is 5.75. The van der Waals surface area contributed by atoms with Gasteiger partial charge in [0.1, 0.15) is 0 Å². The molecule has 2 rings (SSSR count). The molecule has 0 aliphatic carbocycles. The number of rotatable bonds is 6. The molecule has 0 saturated carbocycles. The highest BCUT2D eigenvalue weighted by molar-refractivity contribution is 7.89. The van der Waals surface area contributed by atoms with Crippen molar-refractivity contribution >= 4 is 10.0 Å². The summed E-state index contributed by atoms with van der Waals surface area (Å²) >= 11 is 0. The van der Waals surface area contributed by atoms with Crippen LogP contribution in [0.25, 0.3) is 0 Å². The molecule has 1 atom stereocenters. The average Bonchev–Trinajstić information content (AvgIpc) is 2.84. The lowest BCUT2D eigenvalue weighted by Crippen LogP contribution is -2.42. The maximum absolute atomic E-state index is 12.1. The normalized spacial score (nSPS) is 26.9. The summed E-state index contributed by atoms with van der Waals surface area (Å²) in [6.45, 7) is 6.75. The Morgan fingerprint density at radius 3 is 2.68 bits per heavy atom. The van der Waals surface area contributed by atoms with Crippen molar-refractivity contribution in [2.24, 2.45) is 5.92 Å². The van der Waals surface area contributed by atoms with Crippen LogP contribution in [-0.4, -0.2) is 57.8 Å². The first kappa shape index (κ1) is 15.2. The average molecular weight is 289 g/mol. The summed E-state index contributed by atoms with van der Waals surface area (Å²) in [6, 6.07) is 0.396. The van der Waals surface area contributed by atoms with E-state index in [2.05, 4.69) is 21.9 Å². The number of sulfonamides is 1. The quantitative estimate of drug-likeness (QED) is 0.742. The molecule has 2 aliphatic rings. The topological polar surface area (TPSA) is 61.4 Å². The lowest BCUT2D eigenvalue weighted by atomic mass is 10.0. The Morgan fingerprint density at radius 2 is 2.00 bits per heavy atom. The van der Waals surface area contributed by atoms with Gasteiger partial charge in [-0.3, -0.25) is 4.90 Å². The van der Waals surface area contributed by atoms with Gasteiger partial charge in [0, 0.05) is 12.6 Å². The second-order valence-corrected chi connectivity index (χ2v) is 7.60. The van der Waals surface area contributed by atoms with Crippen LogP contribution >= 0.6 is 0 Å². The van der Waals surface area contributed by atoms with E-state index in [-0.39, 0.29) is 0 Å². The van der Waals surface area contributed by atoms with Crippen LogP contribution in [0.3, 0.4) is 0 Å². The van der Waals surface area contributed by atoms with E-state index in [1.54, 1.807) is 0 Å². The molecule has 0 aromatic carbocycles. The van der Waals surface area contributed by atoms with Crippen molar-refractivity contribution in [3.63, 3.8) is 0 Å². The molecule has 0 aromatic heterocycles. The van der Waals surface area contributed by atoms with Crippen molar-refractivity contribution in [1.29, 1.82) is 0 Å². The van der Waals surface area contributed by atoms with Crippen molar-refractivity contribution in [1.82, 2.24) is 14.9 Å². The standard InChI is InChI=1S/C13H27N3O2S/c1-2-16-9-3-4-13(16)10-15-19(17,18)11-12-5-7-14-8-6-12/h12-15H,2-11H2,1H3. The van der Waals surface area contributed by atoms with Crippen LogP contribution in [0, 0.1) is 5.92 Å². The highest BCUT2D eigenvalue weighted by atomic mass is 32.2. The Labute approximate surface area is 117 Å². The zero-order valence-electron chi connectivity index (χ0n) is 11.9. The van der Waals surface area contributed by atoms with Crippen LogP contribution in [0.15, 0.2) is 0 Å². The molecule has 6 heteroatoms. The fourth-order valence-corrected chi connectivity index (χ4v) is 4.70. The van der Waals surface area contributed by atoms with Crippen LogP contribution in [0.5, 0.6) is 0 Å². The first-order valence-electron chi connectivity index (χ1n) is 7.53. The molecule has 0 spiro atoms. The Balaban J connectivity index is 1.77. The molecular formula is C13H27N3O2S. The maximum atomic E-state index is 12.1. The summed E-state index contributed by atoms with van der Waals surface area (Å²) in [6.07, 6.45) is 4.26. The molecular weight excluding hydrogens is 262 g/mol. The number of nitrogens with zero attached hydrogens (tertiary/aromatic N) is 1. The third kappa shape index (κ3) is 4.70. The second kappa shape index (κ2) is 7.02. The van der Waals surface area contributed by atoms with Gasteiger partial charge in [-0.2, -0.15) is 0 Å². The minimum Gasteiger partial charge on any atom is -0.317 e. The van der Waals surface area contributed by atoms with Crippen molar-refractivity contribution in [2.45, 2.75) is 38.6 Å². The molecule has 1 unspecified atom stereocenters. The fourth-order valence-electron chi connectivity index (χ4n) is 3.18. The zero-order valence-corrected chi connectivity index (χ0v) is 12.7. The van der Waals surface area contributed by atoms with Gasteiger partial charge >= 0.3 is 0 Å². The third-order valence-corrected chi connectivity index (χ3v) is 5.87. The molecule has 2 saturated heterocycles. The summed E-state index contributed by atoms with van der Waals surface area (Å²) in [5.74, 6) is 0.623. The van der Waals surface area contributed by atoms with E-state index in [4.69, 9.17) is 0 Å². The molecule has 2 heterocycles. The van der Waals surface area contributed by atoms with E-state index in [9.17, 15) is 8.42 Å². The van der Waals surface area contributed by atoms with Crippen LogP contribution in [-0.2, 0) is 10.0 Å². The lowest BCUT2D eigenvalue weighted by Gasteiger charge is -2.25. The van der Waals surface area contributed by atoms with Crippen LogP contribution in [0.4, 0.5) is 0 Å². The first-order valence-corrected chi connectivity index (χ1v) is 9.18. The minimum absolute atomic E-state index is 0.299. The van der Waals surface area contributed by atoms with Gasteiger partial charge in [-0.05, 0) is 57.8 Å². The predicted octanol–water partition coefficient (Wildman–Crippen LogP) is 0.390. The fraction of sp³-hybridized carbons (Fsp3) is 1.00. The summed E-state index contributed by atoms with van der Waals surface area (Å²) in [5, 5.41) is 3.27. The van der Waals surface area contributed by atoms with E-state index in [0.29, 0.717) is 24.3 Å². The molecule has 0 amide bonds. The highest BCUT2D eigenvalue weighted by Crippen LogP contribution is 2.17. The van der Waals surface area contributed by atoms with Gasteiger partial charge in [0.05, 0.1) is 5.75 Å². The number of piperidine rings is 1. The van der Waals surface area contributed by atoms with Crippen LogP contribution in [0.2, 0.25) is 0 Å². The first-order chi connectivity index (χ1) is 9.11. The lowest BCUT2D eigenvalue weighted by molar-refractivity contribution is 0.267. The molecule has 2 fully saturated rings. The van der Waals surface area contributed by atoms with Gasteiger partial charge in [-0.1, -0.05) is 6.92 Å². The van der Waals surface area contributed by atoms with Crippen molar-refractivity contribution in [2.75, 3.05) is 38.5 Å². The molecule has 0 bridgehead atoms. The van der Waals surface area contributed by atoms with E-state index in [1.165, 1.54) is 6.42 Å². The minimum atomic E-state index is -3.10. The molecule has 2 aliphatic heterocycles. The number of likely N-dealkylation sites (N-methyl/N-ethyl adjacent to an activating group) is 1. The Bertz CT molecular complexity index is 366. The summed E-state index contributed by atoms with van der Waals surface area (Å²) in [4.78, 5) is 2.37. The van der Waals surface area contributed by atoms with E-state index in [1.807, 2.05) is 0 Å². The molecule has 19 heavy (non-hydrogen) atoms. The Kier molecular flexibility index (Phi) is 5.62. The van der Waals surface area contributed by atoms with Gasteiger partial charge in [0.2, 0.25) is 10.0 Å². The summed E-state index contributed by atoms with van der Waals surface area (Å²) in [5.41, 5.74) is 0. The van der Waals surface area contributed by atoms with E-state index >= 15 is 0 Å². The van der Waals surface area contributed by atoms with Gasteiger partial charge in [-0.15, -0.1) is 0 Å². The third-order valence-electron chi connectivity index (χ3n) is 4.36. The smallest absolute Gasteiger partial charge is 0.211 e. The highest BCUT2D eigenvalue weighted by Gasteiger charge is 2.26. The van der Waals surface area contributed by atoms with Crippen molar-refractivity contribution < 1.29 is 8.42 Å². The maximum Gasteiger partial charge on any atom is 0.211 e. The largest absolute Gasteiger partial charge is 0.317 e. The summed E-state index contributed by atoms with van der Waals surface area (Å²) in [7, 11) is -3.10. The van der Waals surface area contributed by atoms with Gasteiger partial charge in [0.25, 0.3) is 0 Å². The molecule has 0 aromatic rings. The van der Waals surface area contributed by atoms with Crippen LogP contribution in [0.1, 0.15) is 32.6 Å². The van der Waals surface area contributed by atoms with E-state index in [0.717, 1.165) is 45.4 Å². The van der Waals surface area contributed by atoms with Crippen LogP contribution < -0.4 is 10.0 Å². The molecule has 112 valence electrons. The Hall–Kier alpha value is -0.170. The van der Waals surface area contributed by atoms with Crippen molar-refractivity contribution in [3.8, 4) is 0 Å². The van der Waals surface area contributed by atoms with Gasteiger partial charge in [0.15, 0.2) is 0 Å². The van der Waals surface area contributed by atoms with Gasteiger partial charge in [-0.25, -0.2) is 13.1 Å². The monoisotopic (exact) mass is 289 g/mol.